The first-order valence-corrected chi connectivity index (χ1v) is 28.2. The van der Waals surface area contributed by atoms with Crippen LogP contribution in [0.5, 0.6) is 0 Å². The molecule has 26 nitrogen and oxygen atoms in total. The van der Waals surface area contributed by atoms with Crippen LogP contribution in [-0.4, -0.2) is 190 Å². The Morgan fingerprint density at radius 1 is 0.506 bits per heavy atom. The monoisotopic (exact) mass is 1080 g/mol. The standard InChI is InChI=1S/C50H97BN20O6/c1-40-64-47(68-34-32-67(33-35-68)42(73)23-13-3-2-12-22-41(51)72)66-48(65-40)69(36-38-76-49(74)70(28-18-8-4-14-24-60-43(52)53)29-19-9-5-15-25-61-44(54)55)37-39-77-50(75)71(30-20-10-6-16-26-62-45(56)57)31-21-11-7-17-27-63-46(58)59/h2-39,51H2,1H3,(H4,52,53,60)(H4,54,55,61)(H4,56,57,62)(H4,58,59,63). The topological polar surface area (TPSA) is 389 Å². The second kappa shape index (κ2) is 41.6. The first-order chi connectivity index (χ1) is 37.0. The highest BCUT2D eigenvalue weighted by Gasteiger charge is 2.25. The number of aromatic nitrogens is 3. The van der Waals surface area contributed by atoms with Gasteiger partial charge in [-0.2, -0.15) is 15.0 Å². The number of hydrogen-bond donors (Lipinski definition) is 12. The number of carbonyl (C=O) groups excluding carboxylic acids is 4. The molecule has 0 spiro atoms. The van der Waals surface area contributed by atoms with E-state index in [1.54, 1.807) is 24.6 Å². The molecule has 436 valence electrons. The molecular weight excluding hydrogens is 987 g/mol. The third-order valence-electron chi connectivity index (χ3n) is 13.0. The van der Waals surface area contributed by atoms with Gasteiger partial charge in [0, 0.05) is 85.0 Å². The summed E-state index contributed by atoms with van der Waals surface area (Å²) >= 11 is 0. The summed E-state index contributed by atoms with van der Waals surface area (Å²) in [4.78, 5) is 75.6. The quantitative estimate of drug-likeness (QED) is 0.0193. The number of unbranched alkanes of at least 4 members (excludes halogenated alkanes) is 15. The van der Waals surface area contributed by atoms with Gasteiger partial charge in [-0.1, -0.05) is 64.2 Å². The second-order valence-electron chi connectivity index (χ2n) is 19.7. The smallest absolute Gasteiger partial charge is 0.409 e. The van der Waals surface area contributed by atoms with E-state index >= 15 is 0 Å². The summed E-state index contributed by atoms with van der Waals surface area (Å²) in [7, 11) is 1.60. The van der Waals surface area contributed by atoms with E-state index in [-0.39, 0.29) is 61.7 Å². The van der Waals surface area contributed by atoms with E-state index in [1.165, 1.54) is 0 Å². The minimum absolute atomic E-state index is 0.00425. The molecule has 1 aliphatic rings. The Labute approximate surface area is 458 Å². The van der Waals surface area contributed by atoms with Crippen LogP contribution in [0.2, 0.25) is 0 Å². The molecule has 1 fully saturated rings. The number of anilines is 2. The molecule has 1 aromatic heterocycles. The summed E-state index contributed by atoms with van der Waals surface area (Å²) in [5.41, 5.74) is 21.9. The Hall–Kier alpha value is -6.57. The van der Waals surface area contributed by atoms with Gasteiger partial charge in [0.15, 0.2) is 31.7 Å². The van der Waals surface area contributed by atoms with Crippen molar-refractivity contribution in [2.24, 2.45) is 22.9 Å². The van der Waals surface area contributed by atoms with E-state index in [0.29, 0.717) is 109 Å². The predicted molar refractivity (Wildman–Crippen MR) is 306 cm³/mol. The molecule has 1 aromatic rings. The highest BCUT2D eigenvalue weighted by atomic mass is 16.6. The summed E-state index contributed by atoms with van der Waals surface area (Å²) < 4.78 is 12.0. The maximum absolute atomic E-state index is 13.8. The Kier molecular flexibility index (Phi) is 35.9. The van der Waals surface area contributed by atoms with Gasteiger partial charge in [-0.3, -0.25) is 26.4 Å². The first-order valence-electron chi connectivity index (χ1n) is 28.2. The normalized spacial score (nSPS) is 12.1. The fraction of sp³-hybridized carbons (Fsp3) is 0.780. The number of aryl methyl sites for hydroxylation is 1. The summed E-state index contributed by atoms with van der Waals surface area (Å²) in [5.74, 6) is 1.19. The molecule has 0 aliphatic carbocycles. The van der Waals surface area contributed by atoms with Crippen molar-refractivity contribution >= 4 is 67.4 Å². The van der Waals surface area contributed by atoms with E-state index in [2.05, 4.69) is 21.3 Å². The second-order valence-corrected chi connectivity index (χ2v) is 19.7. The molecule has 1 saturated heterocycles. The van der Waals surface area contributed by atoms with Crippen molar-refractivity contribution < 1.29 is 28.7 Å². The minimum atomic E-state index is -0.429. The highest BCUT2D eigenvalue weighted by Crippen LogP contribution is 2.18. The van der Waals surface area contributed by atoms with Gasteiger partial charge in [0.2, 0.25) is 17.8 Å². The van der Waals surface area contributed by atoms with Gasteiger partial charge in [0.1, 0.15) is 19.0 Å². The Morgan fingerprint density at radius 2 is 0.870 bits per heavy atom. The number of nitrogens with zero attached hydrogens (tertiary/aromatic N) is 8. The van der Waals surface area contributed by atoms with Crippen molar-refractivity contribution in [2.75, 3.05) is 115 Å². The van der Waals surface area contributed by atoms with Gasteiger partial charge in [-0.15, -0.1) is 0 Å². The molecule has 77 heavy (non-hydrogen) atoms. The average molecular weight is 1090 g/mol. The Balaban J connectivity index is 2.22. The number of rotatable bonds is 43. The molecule has 0 unspecified atom stereocenters. The minimum Gasteiger partial charge on any atom is -0.448 e. The molecule has 0 aromatic carbocycles. The van der Waals surface area contributed by atoms with Gasteiger partial charge >= 0.3 is 12.2 Å². The molecule has 2 heterocycles. The van der Waals surface area contributed by atoms with Crippen LogP contribution in [0.15, 0.2) is 0 Å². The van der Waals surface area contributed by atoms with Gasteiger partial charge in [0.25, 0.3) is 0 Å². The lowest BCUT2D eigenvalue weighted by Crippen LogP contribution is -2.49. The van der Waals surface area contributed by atoms with Crippen molar-refractivity contribution in [2.45, 2.75) is 148 Å². The molecule has 2 rings (SSSR count). The summed E-state index contributed by atoms with van der Waals surface area (Å²) in [6.45, 7) is 8.85. The van der Waals surface area contributed by atoms with Crippen molar-refractivity contribution in [1.82, 2.24) is 50.9 Å². The molecule has 16 N–H and O–H groups in total. The number of carbonyl (C=O) groups is 4. The summed E-state index contributed by atoms with van der Waals surface area (Å²) in [6, 6.07) is 0. The number of nitrogens with two attached hydrogens (primary N) is 4. The van der Waals surface area contributed by atoms with E-state index < -0.39 is 12.2 Å². The molecule has 0 saturated carbocycles. The Bertz CT molecular complexity index is 1760. The third kappa shape index (κ3) is 34.0. The van der Waals surface area contributed by atoms with E-state index in [4.69, 9.17) is 69.0 Å². The van der Waals surface area contributed by atoms with Crippen LogP contribution < -0.4 is 54.0 Å². The summed E-state index contributed by atoms with van der Waals surface area (Å²) in [6.07, 6.45) is 17.4. The molecular formula is C50H97BN20O6. The predicted octanol–water partition coefficient (Wildman–Crippen LogP) is 2.19. The van der Waals surface area contributed by atoms with E-state index in [1.807, 2.05) is 14.7 Å². The van der Waals surface area contributed by atoms with Crippen molar-refractivity contribution in [3.05, 3.63) is 5.82 Å². The maximum Gasteiger partial charge on any atom is 0.409 e. The number of guanidine groups is 4. The highest BCUT2D eigenvalue weighted by molar-refractivity contribution is 6.57. The lowest BCUT2D eigenvalue weighted by atomic mass is 9.96. The Morgan fingerprint density at radius 3 is 1.25 bits per heavy atom. The maximum atomic E-state index is 13.8. The lowest BCUT2D eigenvalue weighted by Gasteiger charge is -2.35. The van der Waals surface area contributed by atoms with Gasteiger partial charge in [-0.05, 0) is 77.6 Å². The van der Waals surface area contributed by atoms with E-state index in [0.717, 1.165) is 128 Å². The van der Waals surface area contributed by atoms with Gasteiger partial charge in [0.05, 0.1) is 18.8 Å². The molecule has 3 amide bonds. The fourth-order valence-corrected chi connectivity index (χ4v) is 8.64. The first kappa shape index (κ1) is 66.5. The van der Waals surface area contributed by atoms with Gasteiger partial charge < -0.3 is 83.0 Å². The van der Waals surface area contributed by atoms with Crippen LogP contribution >= 0.6 is 0 Å². The SMILES string of the molecule is BC(=O)CCCCCCC(=O)N1CCN(c2nc(C)nc(N(CCOC(=O)N(CCCCCCNC(=N)N)CCCCCCNC(=N)N)CCOC(=O)N(CCCCCCNC(=N)N)CCCCCCNC(=N)N)n2)CC1. The lowest BCUT2D eigenvalue weighted by molar-refractivity contribution is -0.131. The van der Waals surface area contributed by atoms with Crippen LogP contribution in [0.4, 0.5) is 21.5 Å². The molecule has 27 heteroatoms. The van der Waals surface area contributed by atoms with Crippen LogP contribution in [0.25, 0.3) is 0 Å². The number of hydrogen-bond acceptors (Lipinski definition) is 15. The van der Waals surface area contributed by atoms with Crippen LogP contribution in [0, 0.1) is 28.6 Å². The van der Waals surface area contributed by atoms with Crippen molar-refractivity contribution in [1.29, 1.82) is 21.6 Å². The number of nitrogens with one attached hydrogen (secondary N) is 8. The van der Waals surface area contributed by atoms with Crippen LogP contribution in [0.1, 0.15) is 147 Å². The zero-order valence-corrected chi connectivity index (χ0v) is 46.7. The molecule has 0 atom stereocenters. The largest absolute Gasteiger partial charge is 0.448 e. The average Bonchev–Trinajstić information content (AvgIpc) is 3.38. The number of piperazine rings is 1. The van der Waals surface area contributed by atoms with Gasteiger partial charge in [-0.25, -0.2) is 9.59 Å². The molecule has 0 radical (unpaired) electrons. The van der Waals surface area contributed by atoms with Crippen LogP contribution in [0.3, 0.4) is 0 Å². The number of amides is 3. The zero-order chi connectivity index (χ0) is 56.5. The van der Waals surface area contributed by atoms with Crippen molar-refractivity contribution in [3.63, 3.8) is 0 Å². The summed E-state index contributed by atoms with van der Waals surface area (Å²) in [5, 5.41) is 40.8. The van der Waals surface area contributed by atoms with Crippen molar-refractivity contribution in [3.8, 4) is 0 Å². The zero-order valence-electron chi connectivity index (χ0n) is 46.7. The fourth-order valence-electron chi connectivity index (χ4n) is 8.64. The molecule has 1 aliphatic heterocycles. The van der Waals surface area contributed by atoms with E-state index in [9.17, 15) is 19.2 Å². The molecule has 0 bridgehead atoms. The van der Waals surface area contributed by atoms with Crippen LogP contribution in [-0.2, 0) is 19.1 Å². The number of ether oxygens (including phenoxy) is 2. The third-order valence-corrected chi connectivity index (χ3v) is 13.0.